The second-order valence-electron chi connectivity index (χ2n) is 4.33. The quantitative estimate of drug-likeness (QED) is 0.768. The number of rotatable bonds is 7. The van der Waals surface area contributed by atoms with Gasteiger partial charge in [0.15, 0.2) is 5.76 Å². The van der Waals surface area contributed by atoms with Crippen LogP contribution in [0.15, 0.2) is 41.9 Å². The van der Waals surface area contributed by atoms with E-state index < -0.39 is 5.60 Å². The highest BCUT2D eigenvalue weighted by atomic mass is 16.6. The van der Waals surface area contributed by atoms with E-state index in [1.807, 2.05) is 51.1 Å². The van der Waals surface area contributed by atoms with Gasteiger partial charge in [0.25, 0.3) is 0 Å². The number of benzene rings is 1. The minimum absolute atomic E-state index is 0.171. The van der Waals surface area contributed by atoms with Gasteiger partial charge in [-0.05, 0) is 26.3 Å². The van der Waals surface area contributed by atoms with Gasteiger partial charge in [-0.15, -0.1) is 0 Å². The van der Waals surface area contributed by atoms with E-state index in [0.717, 1.165) is 5.56 Å². The Morgan fingerprint density at radius 2 is 1.60 bits per heavy atom. The van der Waals surface area contributed by atoms with Crippen molar-refractivity contribution < 1.29 is 19.0 Å². The lowest BCUT2D eigenvalue weighted by Gasteiger charge is -2.41. The molecule has 4 heteroatoms. The Labute approximate surface area is 119 Å². The zero-order valence-corrected chi connectivity index (χ0v) is 12.1. The first-order valence-electron chi connectivity index (χ1n) is 6.96. The highest BCUT2D eigenvalue weighted by molar-refractivity contribution is 6.10. The summed E-state index contributed by atoms with van der Waals surface area (Å²) >= 11 is 0. The zero-order chi connectivity index (χ0) is 14.6. The van der Waals surface area contributed by atoms with Gasteiger partial charge >= 0.3 is 0 Å². The molecule has 0 heterocycles. The molecule has 0 amide bonds. The van der Waals surface area contributed by atoms with Crippen LogP contribution < -0.4 is 0 Å². The first kappa shape index (κ1) is 14.6. The van der Waals surface area contributed by atoms with Gasteiger partial charge in [-0.3, -0.25) is 4.79 Å². The molecule has 1 unspecified atom stereocenters. The summed E-state index contributed by atoms with van der Waals surface area (Å²) in [7, 11) is 0. The van der Waals surface area contributed by atoms with E-state index in [1.165, 1.54) is 0 Å². The van der Waals surface area contributed by atoms with Crippen molar-refractivity contribution in [3.05, 3.63) is 47.4 Å². The van der Waals surface area contributed by atoms with Gasteiger partial charge in [0, 0.05) is 6.61 Å². The molecule has 1 aromatic carbocycles. The highest BCUT2D eigenvalue weighted by Gasteiger charge is 2.59. The Morgan fingerprint density at radius 1 is 0.950 bits per heavy atom. The highest BCUT2D eigenvalue weighted by Crippen LogP contribution is 2.47. The van der Waals surface area contributed by atoms with E-state index in [9.17, 15) is 4.79 Å². The van der Waals surface area contributed by atoms with Crippen LogP contribution in [0.4, 0.5) is 0 Å². The molecule has 0 N–H and O–H groups in total. The number of carbonyl (C=O) groups excluding carboxylic acids is 1. The second-order valence-corrected chi connectivity index (χ2v) is 4.33. The van der Waals surface area contributed by atoms with Crippen LogP contribution in [0.25, 0.3) is 0 Å². The third-order valence-corrected chi connectivity index (χ3v) is 3.17. The van der Waals surface area contributed by atoms with E-state index >= 15 is 0 Å². The van der Waals surface area contributed by atoms with Crippen LogP contribution in [0.2, 0.25) is 0 Å². The minimum atomic E-state index is -1.14. The summed E-state index contributed by atoms with van der Waals surface area (Å²) in [6.45, 7) is 6.88. The summed E-state index contributed by atoms with van der Waals surface area (Å²) in [4.78, 5) is 12.6. The Hall–Kier alpha value is -1.81. The van der Waals surface area contributed by atoms with Crippen molar-refractivity contribution in [3.8, 4) is 0 Å². The smallest absolute Gasteiger partial charge is 0.245 e. The molecule has 0 saturated carbocycles. The summed E-state index contributed by atoms with van der Waals surface area (Å²) in [6, 6.07) is 9.40. The summed E-state index contributed by atoms with van der Waals surface area (Å²) < 4.78 is 16.8. The van der Waals surface area contributed by atoms with Gasteiger partial charge in [0.2, 0.25) is 17.1 Å². The van der Waals surface area contributed by atoms with Crippen molar-refractivity contribution in [2.24, 2.45) is 0 Å². The molecule has 0 saturated heterocycles. The molecular formula is C16H20O4. The second kappa shape index (κ2) is 6.09. The van der Waals surface area contributed by atoms with Crippen molar-refractivity contribution in [3.63, 3.8) is 0 Å². The molecule has 0 aromatic heterocycles. The Balaban J connectivity index is 2.50. The first-order chi connectivity index (χ1) is 9.72. The molecule has 1 atom stereocenters. The number of carbonyl (C=O) groups is 1. The Kier molecular flexibility index (Phi) is 4.45. The average molecular weight is 276 g/mol. The number of ketones is 1. The topological polar surface area (TPSA) is 44.8 Å². The van der Waals surface area contributed by atoms with E-state index in [0.29, 0.717) is 25.6 Å². The SMILES string of the molecule is CCOC1=C(OCC)C(OCC)(c2ccccc2)C1=O. The molecule has 20 heavy (non-hydrogen) atoms. The van der Waals surface area contributed by atoms with Gasteiger partial charge in [-0.1, -0.05) is 30.3 Å². The molecule has 0 spiro atoms. The predicted octanol–water partition coefficient (Wildman–Crippen LogP) is 2.79. The van der Waals surface area contributed by atoms with Gasteiger partial charge < -0.3 is 14.2 Å². The molecule has 4 nitrogen and oxygen atoms in total. The normalized spacial score (nSPS) is 21.6. The molecule has 0 radical (unpaired) electrons. The lowest BCUT2D eigenvalue weighted by atomic mass is 9.77. The van der Waals surface area contributed by atoms with Gasteiger partial charge in [-0.2, -0.15) is 0 Å². The van der Waals surface area contributed by atoms with Gasteiger partial charge in [0.05, 0.1) is 13.2 Å². The number of ether oxygens (including phenoxy) is 3. The maximum absolute atomic E-state index is 12.6. The maximum Gasteiger partial charge on any atom is 0.245 e. The fraction of sp³-hybridized carbons (Fsp3) is 0.438. The van der Waals surface area contributed by atoms with Crippen molar-refractivity contribution in [1.82, 2.24) is 0 Å². The third-order valence-electron chi connectivity index (χ3n) is 3.17. The molecule has 0 aliphatic heterocycles. The largest absolute Gasteiger partial charge is 0.490 e. The number of hydrogen-bond acceptors (Lipinski definition) is 4. The minimum Gasteiger partial charge on any atom is -0.490 e. The van der Waals surface area contributed by atoms with Gasteiger partial charge in [0.1, 0.15) is 0 Å². The van der Waals surface area contributed by atoms with Crippen molar-refractivity contribution >= 4 is 5.78 Å². The third kappa shape index (κ3) is 2.10. The standard InChI is InChI=1S/C16H20O4/c1-4-18-13-14(17)16(20-6-3,15(13)19-5-2)12-10-8-7-9-11-12/h7-11H,4-6H2,1-3H3. The lowest BCUT2D eigenvalue weighted by molar-refractivity contribution is -0.157. The molecular weight excluding hydrogens is 256 g/mol. The van der Waals surface area contributed by atoms with E-state index in [4.69, 9.17) is 14.2 Å². The first-order valence-corrected chi connectivity index (χ1v) is 6.96. The zero-order valence-electron chi connectivity index (χ0n) is 12.1. The van der Waals surface area contributed by atoms with E-state index in [-0.39, 0.29) is 11.5 Å². The molecule has 1 aliphatic carbocycles. The summed E-state index contributed by atoms with van der Waals surface area (Å²) in [5.74, 6) is 0.599. The number of hydrogen-bond donors (Lipinski definition) is 0. The number of Topliss-reactive ketones (excluding diaryl/α,β-unsaturated/α-hetero) is 1. The molecule has 0 fully saturated rings. The van der Waals surface area contributed by atoms with Crippen LogP contribution in [0, 0.1) is 0 Å². The van der Waals surface area contributed by atoms with Crippen molar-refractivity contribution in [2.45, 2.75) is 26.4 Å². The van der Waals surface area contributed by atoms with E-state index in [1.54, 1.807) is 0 Å². The molecule has 108 valence electrons. The summed E-state index contributed by atoms with van der Waals surface area (Å²) in [5, 5.41) is 0. The van der Waals surface area contributed by atoms with Crippen LogP contribution in [-0.4, -0.2) is 25.6 Å². The Morgan fingerprint density at radius 3 is 2.15 bits per heavy atom. The predicted molar refractivity (Wildman–Crippen MR) is 75.0 cm³/mol. The van der Waals surface area contributed by atoms with E-state index in [2.05, 4.69) is 0 Å². The molecule has 0 bridgehead atoms. The summed E-state index contributed by atoms with van der Waals surface area (Å²) in [6.07, 6.45) is 0. The van der Waals surface area contributed by atoms with Crippen molar-refractivity contribution in [1.29, 1.82) is 0 Å². The van der Waals surface area contributed by atoms with Crippen LogP contribution in [0.3, 0.4) is 0 Å². The van der Waals surface area contributed by atoms with Crippen LogP contribution in [0.1, 0.15) is 26.3 Å². The fourth-order valence-electron chi connectivity index (χ4n) is 2.42. The summed E-state index contributed by atoms with van der Waals surface area (Å²) in [5.41, 5.74) is -0.366. The van der Waals surface area contributed by atoms with Crippen LogP contribution in [0.5, 0.6) is 0 Å². The Bertz CT molecular complexity index is 506. The fourth-order valence-corrected chi connectivity index (χ4v) is 2.42. The van der Waals surface area contributed by atoms with Crippen LogP contribution >= 0.6 is 0 Å². The average Bonchev–Trinajstić information content (AvgIpc) is 2.49. The van der Waals surface area contributed by atoms with Gasteiger partial charge in [-0.25, -0.2) is 0 Å². The molecule has 1 aromatic rings. The van der Waals surface area contributed by atoms with Crippen LogP contribution in [-0.2, 0) is 24.6 Å². The van der Waals surface area contributed by atoms with Crippen molar-refractivity contribution in [2.75, 3.05) is 19.8 Å². The monoisotopic (exact) mass is 276 g/mol. The molecule has 1 aliphatic rings. The maximum atomic E-state index is 12.6. The molecule has 2 rings (SSSR count). The lowest BCUT2D eigenvalue weighted by Crippen LogP contribution is -2.52.